The predicted octanol–water partition coefficient (Wildman–Crippen LogP) is 5.00. The van der Waals surface area contributed by atoms with E-state index in [1.54, 1.807) is 9.80 Å². The number of nitrogens with zero attached hydrogens (tertiary/aromatic N) is 2. The van der Waals surface area contributed by atoms with Gasteiger partial charge in [-0.1, -0.05) is 74.5 Å². The van der Waals surface area contributed by atoms with E-state index < -0.39 is 12.1 Å². The van der Waals surface area contributed by atoms with Crippen LogP contribution in [-0.2, 0) is 16.1 Å². The molecule has 4 amide bonds. The van der Waals surface area contributed by atoms with E-state index in [0.717, 1.165) is 11.1 Å². The number of amides is 4. The Balaban J connectivity index is 1.43. The van der Waals surface area contributed by atoms with Gasteiger partial charge in [-0.2, -0.15) is 0 Å². The van der Waals surface area contributed by atoms with Crippen LogP contribution >= 0.6 is 0 Å². The van der Waals surface area contributed by atoms with E-state index in [9.17, 15) is 14.4 Å². The van der Waals surface area contributed by atoms with Gasteiger partial charge in [0.25, 0.3) is 5.91 Å². The molecule has 0 radical (unpaired) electrons. The van der Waals surface area contributed by atoms with E-state index in [-0.39, 0.29) is 30.3 Å². The van der Waals surface area contributed by atoms with E-state index in [1.807, 2.05) is 106 Å². The van der Waals surface area contributed by atoms with Gasteiger partial charge in [0.1, 0.15) is 17.5 Å². The lowest BCUT2D eigenvalue weighted by molar-refractivity contribution is -0.138. The number of nitrogens with one attached hydrogen (secondary N) is 2. The first-order valence-corrected chi connectivity index (χ1v) is 13.6. The third kappa shape index (κ3) is 5.43. The van der Waals surface area contributed by atoms with Crippen molar-refractivity contribution in [2.75, 3.05) is 13.1 Å². The molecule has 5 rings (SSSR count). The van der Waals surface area contributed by atoms with E-state index in [4.69, 9.17) is 4.74 Å². The standard InChI is InChI=1S/C32H34N4O4/c1-4-35-26-20-36(29(21(2)3)30(37)33-19-22-12-7-5-8-13-22)31(38)27(26)28(34-32(35)39)23-14-11-17-25(18-23)40-24-15-9-6-10-16-24/h5-18,21,28-29H,4,19-20H2,1-3H3,(H,33,37)(H,34,39)/t28-,29-/m1/s1. The fourth-order valence-corrected chi connectivity index (χ4v) is 5.40. The molecular formula is C32H34N4O4. The molecule has 0 unspecified atom stereocenters. The SMILES string of the molecule is CCN1C(=O)N[C@H](c2cccc(Oc3ccccc3)c2)C2=C1CN([C@@H](C(=O)NCc1ccccc1)C(C)C)C2=O. The largest absolute Gasteiger partial charge is 0.457 e. The van der Waals surface area contributed by atoms with Gasteiger partial charge in [0, 0.05) is 13.1 Å². The number of carbonyl (C=O) groups excluding carboxylic acids is 3. The molecule has 8 heteroatoms. The maximum Gasteiger partial charge on any atom is 0.322 e. The van der Waals surface area contributed by atoms with Gasteiger partial charge < -0.3 is 20.3 Å². The number of hydrogen-bond acceptors (Lipinski definition) is 4. The molecule has 0 aromatic heterocycles. The van der Waals surface area contributed by atoms with Crippen LogP contribution in [0.3, 0.4) is 0 Å². The first-order valence-electron chi connectivity index (χ1n) is 13.6. The van der Waals surface area contributed by atoms with Gasteiger partial charge in [-0.15, -0.1) is 0 Å². The number of likely N-dealkylation sites (N-methyl/N-ethyl adjacent to an activating group) is 1. The summed E-state index contributed by atoms with van der Waals surface area (Å²) in [5, 5.41) is 6.02. The Hall–Kier alpha value is -4.59. The second-order valence-corrected chi connectivity index (χ2v) is 10.3. The minimum atomic E-state index is -0.691. The highest BCUT2D eigenvalue weighted by Gasteiger charge is 2.47. The van der Waals surface area contributed by atoms with Crippen LogP contribution in [0.15, 0.2) is 96.2 Å². The van der Waals surface area contributed by atoms with Crippen LogP contribution < -0.4 is 15.4 Å². The van der Waals surface area contributed by atoms with Crippen molar-refractivity contribution < 1.29 is 19.1 Å². The quantitative estimate of drug-likeness (QED) is 0.401. The molecule has 0 spiro atoms. The van der Waals surface area contributed by atoms with Crippen LogP contribution in [-0.4, -0.2) is 46.8 Å². The topological polar surface area (TPSA) is 91.0 Å². The summed E-state index contributed by atoms with van der Waals surface area (Å²) < 4.78 is 6.02. The van der Waals surface area contributed by atoms with E-state index >= 15 is 0 Å². The van der Waals surface area contributed by atoms with Crippen molar-refractivity contribution in [1.29, 1.82) is 0 Å². The monoisotopic (exact) mass is 538 g/mol. The highest BCUT2D eigenvalue weighted by atomic mass is 16.5. The molecule has 3 aromatic rings. The van der Waals surface area contributed by atoms with Crippen molar-refractivity contribution in [2.24, 2.45) is 5.92 Å². The summed E-state index contributed by atoms with van der Waals surface area (Å²) in [5.41, 5.74) is 2.83. The number of benzene rings is 3. The van der Waals surface area contributed by atoms with Crippen molar-refractivity contribution in [3.05, 3.63) is 107 Å². The van der Waals surface area contributed by atoms with Gasteiger partial charge in [0.2, 0.25) is 5.91 Å². The zero-order chi connectivity index (χ0) is 28.2. The molecule has 3 aromatic carbocycles. The molecule has 0 saturated heterocycles. The van der Waals surface area contributed by atoms with Crippen molar-refractivity contribution in [3.8, 4) is 11.5 Å². The summed E-state index contributed by atoms with van der Waals surface area (Å²) in [6, 6.07) is 24.9. The lowest BCUT2D eigenvalue weighted by Crippen LogP contribution is -2.51. The number of urea groups is 1. The predicted molar refractivity (Wildman–Crippen MR) is 152 cm³/mol. The Morgan fingerprint density at radius 3 is 2.33 bits per heavy atom. The molecule has 2 N–H and O–H groups in total. The van der Waals surface area contributed by atoms with Crippen molar-refractivity contribution >= 4 is 17.8 Å². The zero-order valence-electron chi connectivity index (χ0n) is 23.0. The normalized spacial score (nSPS) is 17.6. The number of carbonyl (C=O) groups is 3. The summed E-state index contributed by atoms with van der Waals surface area (Å²) in [5.74, 6) is 0.681. The highest BCUT2D eigenvalue weighted by molar-refractivity contribution is 6.03. The van der Waals surface area contributed by atoms with Gasteiger partial charge in [-0.25, -0.2) is 4.79 Å². The van der Waals surface area contributed by atoms with Crippen molar-refractivity contribution in [2.45, 2.75) is 39.4 Å². The first kappa shape index (κ1) is 27.0. The smallest absolute Gasteiger partial charge is 0.322 e. The number of ether oxygens (including phenoxy) is 1. The minimum absolute atomic E-state index is 0.138. The van der Waals surface area contributed by atoms with E-state index in [1.165, 1.54) is 0 Å². The van der Waals surface area contributed by atoms with Crippen LogP contribution in [0.5, 0.6) is 11.5 Å². The average Bonchev–Trinajstić information content (AvgIpc) is 3.28. The number of hydrogen-bond donors (Lipinski definition) is 2. The fourth-order valence-electron chi connectivity index (χ4n) is 5.40. The van der Waals surface area contributed by atoms with Crippen molar-refractivity contribution in [1.82, 2.24) is 20.4 Å². The van der Waals surface area contributed by atoms with E-state index in [2.05, 4.69) is 10.6 Å². The number of para-hydroxylation sites is 1. The molecule has 2 aliphatic heterocycles. The number of rotatable bonds is 9. The summed E-state index contributed by atoms with van der Waals surface area (Å²) in [7, 11) is 0. The lowest BCUT2D eigenvalue weighted by atomic mass is 9.95. The van der Waals surface area contributed by atoms with Crippen LogP contribution in [0.1, 0.15) is 37.9 Å². The Kier molecular flexibility index (Phi) is 7.86. The summed E-state index contributed by atoms with van der Waals surface area (Å²) >= 11 is 0. The van der Waals surface area contributed by atoms with Gasteiger partial charge in [0.15, 0.2) is 0 Å². The van der Waals surface area contributed by atoms with Crippen LogP contribution in [0.4, 0.5) is 4.79 Å². The molecule has 0 bridgehead atoms. The molecule has 8 nitrogen and oxygen atoms in total. The summed E-state index contributed by atoms with van der Waals surface area (Å²) in [4.78, 5) is 43.9. The molecule has 0 aliphatic carbocycles. The molecule has 2 heterocycles. The zero-order valence-corrected chi connectivity index (χ0v) is 23.0. The van der Waals surface area contributed by atoms with Crippen LogP contribution in [0.2, 0.25) is 0 Å². The molecule has 2 atom stereocenters. The minimum Gasteiger partial charge on any atom is -0.457 e. The summed E-state index contributed by atoms with van der Waals surface area (Å²) in [6.45, 7) is 6.70. The fraction of sp³-hybridized carbons (Fsp3) is 0.281. The molecule has 2 aliphatic rings. The second-order valence-electron chi connectivity index (χ2n) is 10.3. The maximum absolute atomic E-state index is 14.1. The highest BCUT2D eigenvalue weighted by Crippen LogP contribution is 2.39. The molecule has 206 valence electrons. The third-order valence-corrected chi connectivity index (χ3v) is 7.28. The van der Waals surface area contributed by atoms with Crippen molar-refractivity contribution in [3.63, 3.8) is 0 Å². The molecule has 40 heavy (non-hydrogen) atoms. The second kappa shape index (κ2) is 11.7. The Labute approximate surface area is 234 Å². The van der Waals surface area contributed by atoms with Crippen LogP contribution in [0, 0.1) is 5.92 Å². The molecule has 0 fully saturated rings. The third-order valence-electron chi connectivity index (χ3n) is 7.28. The molecular weight excluding hydrogens is 504 g/mol. The average molecular weight is 539 g/mol. The Morgan fingerprint density at radius 1 is 0.975 bits per heavy atom. The maximum atomic E-state index is 14.1. The van der Waals surface area contributed by atoms with Gasteiger partial charge in [-0.3, -0.25) is 14.5 Å². The van der Waals surface area contributed by atoms with Gasteiger partial charge in [0.05, 0.1) is 23.9 Å². The molecule has 0 saturated carbocycles. The lowest BCUT2D eigenvalue weighted by Gasteiger charge is -2.33. The van der Waals surface area contributed by atoms with Gasteiger partial charge >= 0.3 is 6.03 Å². The summed E-state index contributed by atoms with van der Waals surface area (Å²) in [6.07, 6.45) is 0. The van der Waals surface area contributed by atoms with Gasteiger partial charge in [-0.05, 0) is 48.2 Å². The van der Waals surface area contributed by atoms with Crippen LogP contribution in [0.25, 0.3) is 0 Å². The first-order chi connectivity index (χ1) is 19.4. The Bertz CT molecular complexity index is 1420. The van der Waals surface area contributed by atoms with E-state index in [0.29, 0.717) is 35.9 Å². The Morgan fingerprint density at radius 2 is 1.65 bits per heavy atom.